The van der Waals surface area contributed by atoms with Gasteiger partial charge in [0.15, 0.2) is 5.82 Å². The van der Waals surface area contributed by atoms with Crippen molar-refractivity contribution in [2.45, 2.75) is 26.0 Å². The first kappa shape index (κ1) is 26.6. The Bertz CT molecular complexity index is 1450. The Morgan fingerprint density at radius 3 is 2.33 bits per heavy atom. The molecular weight excluding hydrogens is 514 g/mol. The molecule has 4 aromatic rings. The van der Waals surface area contributed by atoms with E-state index in [2.05, 4.69) is 32.2 Å². The SMILES string of the molecule is O=C(CCc1nnc(-c2ccc(OCc3ccccc3Cl)cc2)[nH]c1=O)N1CCN(Cc2ccccc2)CC1. The number of ether oxygens (including phenoxy) is 1. The molecule has 0 atom stereocenters. The maximum absolute atomic E-state index is 12.8. The normalized spacial score (nSPS) is 13.8. The number of benzene rings is 3. The molecule has 0 bridgehead atoms. The van der Waals surface area contributed by atoms with Crippen LogP contribution < -0.4 is 10.3 Å². The highest BCUT2D eigenvalue weighted by Crippen LogP contribution is 2.21. The summed E-state index contributed by atoms with van der Waals surface area (Å²) in [4.78, 5) is 32.4. The molecule has 1 aliphatic heterocycles. The van der Waals surface area contributed by atoms with Gasteiger partial charge in [0.05, 0.1) is 0 Å². The summed E-state index contributed by atoms with van der Waals surface area (Å²) < 4.78 is 5.81. The zero-order valence-electron chi connectivity index (χ0n) is 21.6. The van der Waals surface area contributed by atoms with Crippen LogP contribution in [0.25, 0.3) is 11.4 Å². The average molecular weight is 544 g/mol. The first-order valence-electron chi connectivity index (χ1n) is 13.0. The lowest BCUT2D eigenvalue weighted by Crippen LogP contribution is -2.48. The highest BCUT2D eigenvalue weighted by atomic mass is 35.5. The van der Waals surface area contributed by atoms with Crippen molar-refractivity contribution in [1.29, 1.82) is 0 Å². The number of nitrogens with one attached hydrogen (secondary N) is 1. The van der Waals surface area contributed by atoms with E-state index in [0.717, 1.165) is 25.2 Å². The van der Waals surface area contributed by atoms with Gasteiger partial charge in [0.25, 0.3) is 5.56 Å². The Labute approximate surface area is 232 Å². The van der Waals surface area contributed by atoms with E-state index in [-0.39, 0.29) is 30.0 Å². The van der Waals surface area contributed by atoms with E-state index in [1.54, 1.807) is 12.1 Å². The Kier molecular flexibility index (Phi) is 8.65. The van der Waals surface area contributed by atoms with Crippen molar-refractivity contribution in [3.05, 3.63) is 111 Å². The van der Waals surface area contributed by atoms with Crippen molar-refractivity contribution in [3.63, 3.8) is 0 Å². The summed E-state index contributed by atoms with van der Waals surface area (Å²) in [5.41, 5.74) is 2.81. The standard InChI is InChI=1S/C30H30ClN5O3/c31-26-9-5-4-8-24(26)21-39-25-12-10-23(11-13-25)29-32-30(38)27(33-34-29)14-15-28(37)36-18-16-35(17-19-36)20-22-6-2-1-3-7-22/h1-13H,14-21H2,(H,32,34,38). The topological polar surface area (TPSA) is 91.4 Å². The van der Waals surface area contributed by atoms with Gasteiger partial charge in [0.1, 0.15) is 18.1 Å². The Balaban J connectivity index is 1.10. The highest BCUT2D eigenvalue weighted by molar-refractivity contribution is 6.31. The minimum Gasteiger partial charge on any atom is -0.489 e. The van der Waals surface area contributed by atoms with Gasteiger partial charge in [-0.15, -0.1) is 10.2 Å². The lowest BCUT2D eigenvalue weighted by Gasteiger charge is -2.34. The Morgan fingerprint density at radius 2 is 1.62 bits per heavy atom. The van der Waals surface area contributed by atoms with Crippen LogP contribution in [0, 0.1) is 0 Å². The number of piperazine rings is 1. The predicted octanol–water partition coefficient (Wildman–Crippen LogP) is 4.34. The first-order valence-corrected chi connectivity index (χ1v) is 13.4. The average Bonchev–Trinajstić information content (AvgIpc) is 2.97. The van der Waals surface area contributed by atoms with E-state index in [1.165, 1.54) is 5.56 Å². The molecule has 0 aliphatic carbocycles. The molecule has 5 rings (SSSR count). The van der Waals surface area contributed by atoms with Crippen LogP contribution in [0.15, 0.2) is 83.7 Å². The molecule has 0 radical (unpaired) electrons. The van der Waals surface area contributed by atoms with E-state index in [0.29, 0.717) is 41.9 Å². The number of H-pyrrole nitrogens is 1. The zero-order chi connectivity index (χ0) is 27.0. The number of amides is 1. The van der Waals surface area contributed by atoms with Crippen LogP contribution >= 0.6 is 11.6 Å². The number of halogens is 1. The van der Waals surface area contributed by atoms with Crippen molar-refractivity contribution in [2.75, 3.05) is 26.2 Å². The number of aromatic nitrogens is 3. The van der Waals surface area contributed by atoms with E-state index in [4.69, 9.17) is 16.3 Å². The van der Waals surface area contributed by atoms with Crippen molar-refractivity contribution in [3.8, 4) is 17.1 Å². The van der Waals surface area contributed by atoms with Crippen LogP contribution in [0.3, 0.4) is 0 Å². The monoisotopic (exact) mass is 543 g/mol. The number of aryl methyl sites for hydroxylation is 1. The van der Waals surface area contributed by atoms with Gasteiger partial charge in [0, 0.05) is 61.7 Å². The molecule has 200 valence electrons. The molecule has 39 heavy (non-hydrogen) atoms. The third-order valence-corrected chi connectivity index (χ3v) is 7.16. The first-order chi connectivity index (χ1) is 19.0. The molecule has 9 heteroatoms. The second-order valence-electron chi connectivity index (χ2n) is 9.50. The van der Waals surface area contributed by atoms with E-state index >= 15 is 0 Å². The highest BCUT2D eigenvalue weighted by Gasteiger charge is 2.21. The molecule has 1 aliphatic rings. The predicted molar refractivity (Wildman–Crippen MR) is 150 cm³/mol. The molecular formula is C30H30ClN5O3. The summed E-state index contributed by atoms with van der Waals surface area (Å²) >= 11 is 6.18. The number of rotatable bonds is 9. The lowest BCUT2D eigenvalue weighted by molar-refractivity contribution is -0.133. The lowest BCUT2D eigenvalue weighted by atomic mass is 10.1. The van der Waals surface area contributed by atoms with E-state index in [9.17, 15) is 9.59 Å². The quantitative estimate of drug-likeness (QED) is 0.338. The van der Waals surface area contributed by atoms with Gasteiger partial charge in [-0.05, 0) is 35.9 Å². The summed E-state index contributed by atoms with van der Waals surface area (Å²) in [6, 6.07) is 25.1. The molecule has 0 saturated carbocycles. The second kappa shape index (κ2) is 12.7. The van der Waals surface area contributed by atoms with Crippen LogP contribution in [0.2, 0.25) is 5.02 Å². The van der Waals surface area contributed by atoms with Crippen LogP contribution in [0.4, 0.5) is 0 Å². The minimum absolute atomic E-state index is 0.0343. The maximum Gasteiger partial charge on any atom is 0.273 e. The van der Waals surface area contributed by atoms with Crippen LogP contribution in [0.5, 0.6) is 5.75 Å². The van der Waals surface area contributed by atoms with Crippen molar-refractivity contribution in [1.82, 2.24) is 25.0 Å². The number of aromatic amines is 1. The van der Waals surface area contributed by atoms with Crippen LogP contribution in [-0.4, -0.2) is 57.1 Å². The second-order valence-corrected chi connectivity index (χ2v) is 9.90. The van der Waals surface area contributed by atoms with Gasteiger partial charge >= 0.3 is 0 Å². The van der Waals surface area contributed by atoms with Gasteiger partial charge in [-0.3, -0.25) is 14.5 Å². The fourth-order valence-corrected chi connectivity index (χ4v) is 4.71. The number of hydrogen-bond acceptors (Lipinski definition) is 6. The van der Waals surface area contributed by atoms with Gasteiger partial charge in [-0.2, -0.15) is 0 Å². The zero-order valence-corrected chi connectivity index (χ0v) is 22.3. The fraction of sp³-hybridized carbons (Fsp3) is 0.267. The third kappa shape index (κ3) is 7.10. The van der Waals surface area contributed by atoms with Gasteiger partial charge in [0.2, 0.25) is 5.91 Å². The molecule has 2 heterocycles. The number of hydrogen-bond donors (Lipinski definition) is 1. The molecule has 0 spiro atoms. The largest absolute Gasteiger partial charge is 0.489 e. The molecule has 3 aromatic carbocycles. The summed E-state index contributed by atoms with van der Waals surface area (Å²) in [5, 5.41) is 8.97. The smallest absolute Gasteiger partial charge is 0.273 e. The number of nitrogens with zero attached hydrogens (tertiary/aromatic N) is 4. The van der Waals surface area contributed by atoms with Crippen molar-refractivity contribution < 1.29 is 9.53 Å². The Morgan fingerprint density at radius 1 is 0.897 bits per heavy atom. The molecule has 1 N–H and O–H groups in total. The number of carbonyl (C=O) groups is 1. The van der Waals surface area contributed by atoms with Gasteiger partial charge in [-0.1, -0.05) is 60.1 Å². The maximum atomic E-state index is 12.8. The molecule has 1 aromatic heterocycles. The molecule has 1 saturated heterocycles. The fourth-order valence-electron chi connectivity index (χ4n) is 4.52. The van der Waals surface area contributed by atoms with Gasteiger partial charge in [-0.25, -0.2) is 0 Å². The van der Waals surface area contributed by atoms with Crippen LogP contribution in [0.1, 0.15) is 23.2 Å². The third-order valence-electron chi connectivity index (χ3n) is 6.79. The molecule has 1 amide bonds. The van der Waals surface area contributed by atoms with Gasteiger partial charge < -0.3 is 14.6 Å². The summed E-state index contributed by atoms with van der Waals surface area (Å²) in [7, 11) is 0. The molecule has 1 fully saturated rings. The molecule has 8 nitrogen and oxygen atoms in total. The molecule has 0 unspecified atom stereocenters. The Hall–Kier alpha value is -4.01. The van der Waals surface area contributed by atoms with Crippen molar-refractivity contribution in [2.24, 2.45) is 0 Å². The van der Waals surface area contributed by atoms with Crippen LogP contribution in [-0.2, 0) is 24.4 Å². The van der Waals surface area contributed by atoms with E-state index in [1.807, 2.05) is 59.5 Å². The minimum atomic E-state index is -0.334. The summed E-state index contributed by atoms with van der Waals surface area (Å²) in [5.74, 6) is 1.07. The van der Waals surface area contributed by atoms with Crippen molar-refractivity contribution >= 4 is 17.5 Å². The van der Waals surface area contributed by atoms with E-state index < -0.39 is 0 Å². The summed E-state index contributed by atoms with van der Waals surface area (Å²) in [6.07, 6.45) is 0.480. The number of carbonyl (C=O) groups excluding carboxylic acids is 1. The summed E-state index contributed by atoms with van der Waals surface area (Å²) in [6.45, 7) is 4.28.